The highest BCUT2D eigenvalue weighted by atomic mass is 35.5. The van der Waals surface area contributed by atoms with Crippen molar-refractivity contribution in [1.29, 1.82) is 0 Å². The molecule has 0 spiro atoms. The summed E-state index contributed by atoms with van der Waals surface area (Å²) in [5, 5.41) is 3.14. The Bertz CT molecular complexity index is 565. The van der Waals surface area contributed by atoms with E-state index >= 15 is 0 Å². The van der Waals surface area contributed by atoms with E-state index in [1.165, 1.54) is 18.3 Å². The van der Waals surface area contributed by atoms with Crippen LogP contribution in [0.15, 0.2) is 30.6 Å². The number of hydrogen-bond acceptors (Lipinski definition) is 4. The van der Waals surface area contributed by atoms with E-state index in [2.05, 4.69) is 22.2 Å². The van der Waals surface area contributed by atoms with Gasteiger partial charge in [0.05, 0.1) is 17.4 Å². The van der Waals surface area contributed by atoms with Gasteiger partial charge in [0.2, 0.25) is 5.88 Å². The van der Waals surface area contributed by atoms with Gasteiger partial charge in [-0.25, -0.2) is 4.39 Å². The largest absolute Gasteiger partial charge is 0.437 e. The third-order valence-corrected chi connectivity index (χ3v) is 2.59. The van der Waals surface area contributed by atoms with Crippen LogP contribution in [0.25, 0.3) is 0 Å². The number of rotatable bonds is 5. The van der Waals surface area contributed by atoms with Crippen molar-refractivity contribution in [2.24, 2.45) is 0 Å². The van der Waals surface area contributed by atoms with Crippen LogP contribution in [-0.4, -0.2) is 16.5 Å². The quantitative estimate of drug-likeness (QED) is 0.903. The van der Waals surface area contributed by atoms with Crippen molar-refractivity contribution in [2.75, 3.05) is 11.9 Å². The highest BCUT2D eigenvalue weighted by molar-refractivity contribution is 6.30. The maximum absolute atomic E-state index is 13.3. The molecule has 0 saturated carbocycles. The van der Waals surface area contributed by atoms with Gasteiger partial charge in [0, 0.05) is 12.6 Å². The minimum atomic E-state index is -0.535. The molecular formula is C13H13ClFN3O. The molecule has 1 N–H and O–H groups in total. The number of ether oxygens (including phenoxy) is 1. The first-order valence-electron chi connectivity index (χ1n) is 5.88. The van der Waals surface area contributed by atoms with E-state index in [1.54, 1.807) is 12.3 Å². The van der Waals surface area contributed by atoms with Crippen LogP contribution >= 0.6 is 11.6 Å². The molecule has 6 heteroatoms. The van der Waals surface area contributed by atoms with Gasteiger partial charge in [-0.15, -0.1) is 0 Å². The summed E-state index contributed by atoms with van der Waals surface area (Å²) in [6.45, 7) is 2.85. The number of hydrogen-bond donors (Lipinski definition) is 1. The number of anilines is 1. The summed E-state index contributed by atoms with van der Waals surface area (Å²) in [6.07, 6.45) is 4.05. The Balaban J connectivity index is 2.11. The number of nitrogens with one attached hydrogen (secondary N) is 1. The fourth-order valence-electron chi connectivity index (χ4n) is 1.40. The fraction of sp³-hybridized carbons (Fsp3) is 0.231. The summed E-state index contributed by atoms with van der Waals surface area (Å²) in [4.78, 5) is 8.21. The molecule has 0 bridgehead atoms. The molecule has 4 nitrogen and oxygen atoms in total. The molecule has 1 heterocycles. The molecule has 0 aliphatic rings. The highest BCUT2D eigenvalue weighted by Crippen LogP contribution is 2.24. The first-order chi connectivity index (χ1) is 9.19. The van der Waals surface area contributed by atoms with Gasteiger partial charge in [0.15, 0.2) is 0 Å². The second-order valence-corrected chi connectivity index (χ2v) is 4.25. The molecule has 1 aromatic heterocycles. The number of aromatic nitrogens is 2. The van der Waals surface area contributed by atoms with Crippen molar-refractivity contribution in [2.45, 2.75) is 13.3 Å². The molecule has 0 unspecified atom stereocenters. The van der Waals surface area contributed by atoms with Gasteiger partial charge in [-0.2, -0.15) is 4.98 Å². The van der Waals surface area contributed by atoms with Crippen LogP contribution in [0.2, 0.25) is 5.02 Å². The third-order valence-electron chi connectivity index (χ3n) is 2.28. The number of nitrogens with zero attached hydrogens (tertiary/aromatic N) is 2. The molecule has 0 fully saturated rings. The molecule has 0 atom stereocenters. The lowest BCUT2D eigenvalue weighted by molar-refractivity contribution is 0.456. The van der Waals surface area contributed by atoms with Gasteiger partial charge in [0.25, 0.3) is 0 Å². The van der Waals surface area contributed by atoms with Crippen LogP contribution in [0.4, 0.5) is 10.2 Å². The minimum absolute atomic E-state index is 0.0526. The van der Waals surface area contributed by atoms with Crippen LogP contribution in [0.5, 0.6) is 11.6 Å². The molecule has 1 aromatic carbocycles. The Hall–Kier alpha value is -1.88. The van der Waals surface area contributed by atoms with Crippen LogP contribution < -0.4 is 10.1 Å². The monoisotopic (exact) mass is 281 g/mol. The predicted molar refractivity (Wildman–Crippen MR) is 72.3 cm³/mol. The first-order valence-corrected chi connectivity index (χ1v) is 6.25. The number of benzene rings is 1. The average molecular weight is 282 g/mol. The van der Waals surface area contributed by atoms with Crippen molar-refractivity contribution in [3.05, 3.63) is 41.4 Å². The normalized spacial score (nSPS) is 10.3. The Morgan fingerprint density at radius 1 is 1.37 bits per heavy atom. The van der Waals surface area contributed by atoms with Crippen LogP contribution in [0, 0.1) is 5.82 Å². The molecule has 0 aliphatic heterocycles. The van der Waals surface area contributed by atoms with Crippen LogP contribution in [0.3, 0.4) is 0 Å². The van der Waals surface area contributed by atoms with Crippen molar-refractivity contribution in [1.82, 2.24) is 9.97 Å². The van der Waals surface area contributed by atoms with E-state index in [4.69, 9.17) is 16.3 Å². The summed E-state index contributed by atoms with van der Waals surface area (Å²) >= 11 is 5.60. The molecule has 19 heavy (non-hydrogen) atoms. The first kappa shape index (κ1) is 13.5. The third kappa shape index (κ3) is 3.79. The Morgan fingerprint density at radius 2 is 2.21 bits per heavy atom. The zero-order valence-electron chi connectivity index (χ0n) is 10.4. The summed E-state index contributed by atoms with van der Waals surface area (Å²) in [5.74, 6) is 0.702. The molecule has 0 aliphatic carbocycles. The van der Waals surface area contributed by atoms with Gasteiger partial charge in [-0.3, -0.25) is 4.98 Å². The van der Waals surface area contributed by atoms with E-state index in [9.17, 15) is 4.39 Å². The molecule has 0 saturated heterocycles. The minimum Gasteiger partial charge on any atom is -0.437 e. The average Bonchev–Trinajstić information content (AvgIpc) is 2.41. The SMILES string of the molecule is CCCNc1cncc(Oc2ccc(Cl)c(F)c2)n1. The number of halogens is 2. The lowest BCUT2D eigenvalue weighted by atomic mass is 10.3. The van der Waals surface area contributed by atoms with Crippen molar-refractivity contribution in [3.8, 4) is 11.6 Å². The molecule has 0 amide bonds. The van der Waals surface area contributed by atoms with Crippen LogP contribution in [-0.2, 0) is 0 Å². The summed E-state index contributed by atoms with van der Waals surface area (Å²) in [5.41, 5.74) is 0. The van der Waals surface area contributed by atoms with Crippen LogP contribution in [0.1, 0.15) is 13.3 Å². The Kier molecular flexibility index (Phi) is 4.52. The maximum Gasteiger partial charge on any atom is 0.239 e. The van der Waals surface area contributed by atoms with Gasteiger partial charge < -0.3 is 10.1 Å². The maximum atomic E-state index is 13.3. The van der Waals surface area contributed by atoms with Gasteiger partial charge in [0.1, 0.15) is 17.4 Å². The fourth-order valence-corrected chi connectivity index (χ4v) is 1.51. The molecular weight excluding hydrogens is 269 g/mol. The van der Waals surface area contributed by atoms with E-state index in [0.29, 0.717) is 17.4 Å². The Morgan fingerprint density at radius 3 is 2.95 bits per heavy atom. The van der Waals surface area contributed by atoms with Crippen molar-refractivity contribution >= 4 is 17.4 Å². The Labute approximate surface area is 115 Å². The van der Waals surface area contributed by atoms with E-state index in [1.807, 2.05) is 0 Å². The lowest BCUT2D eigenvalue weighted by Crippen LogP contribution is -2.03. The predicted octanol–water partition coefficient (Wildman–Crippen LogP) is 3.88. The van der Waals surface area contributed by atoms with Gasteiger partial charge in [-0.1, -0.05) is 18.5 Å². The van der Waals surface area contributed by atoms with Crippen molar-refractivity contribution in [3.63, 3.8) is 0 Å². The van der Waals surface area contributed by atoms with E-state index in [-0.39, 0.29) is 5.02 Å². The lowest BCUT2D eigenvalue weighted by Gasteiger charge is -2.07. The standard InChI is InChI=1S/C13H13ClFN3O/c1-2-5-17-12-7-16-8-13(18-12)19-9-3-4-10(14)11(15)6-9/h3-4,6-8H,2,5H2,1H3,(H,17,18). The summed E-state index contributed by atoms with van der Waals surface area (Å²) in [6, 6.07) is 4.20. The molecule has 2 rings (SSSR count). The van der Waals surface area contributed by atoms with Gasteiger partial charge in [-0.05, 0) is 18.6 Å². The second kappa shape index (κ2) is 6.33. The molecule has 100 valence electrons. The molecule has 0 radical (unpaired) electrons. The van der Waals surface area contributed by atoms with E-state index in [0.717, 1.165) is 13.0 Å². The highest BCUT2D eigenvalue weighted by Gasteiger charge is 2.05. The van der Waals surface area contributed by atoms with E-state index < -0.39 is 5.82 Å². The topological polar surface area (TPSA) is 47.0 Å². The zero-order valence-corrected chi connectivity index (χ0v) is 11.1. The smallest absolute Gasteiger partial charge is 0.239 e. The summed E-state index contributed by atoms with van der Waals surface area (Å²) < 4.78 is 18.7. The summed E-state index contributed by atoms with van der Waals surface area (Å²) in [7, 11) is 0. The van der Waals surface area contributed by atoms with Gasteiger partial charge >= 0.3 is 0 Å². The zero-order chi connectivity index (χ0) is 13.7. The second-order valence-electron chi connectivity index (χ2n) is 3.85. The van der Waals surface area contributed by atoms with Crippen molar-refractivity contribution < 1.29 is 9.13 Å². The molecule has 2 aromatic rings.